The maximum Gasteiger partial charge on any atom is 0.120 e. The predicted molar refractivity (Wildman–Crippen MR) is 80.5 cm³/mol. The van der Waals surface area contributed by atoms with Crippen LogP contribution in [0.1, 0.15) is 12.5 Å². The highest BCUT2D eigenvalue weighted by molar-refractivity contribution is 9.10. The first-order valence-corrected chi connectivity index (χ1v) is 6.88. The van der Waals surface area contributed by atoms with Gasteiger partial charge in [-0.05, 0) is 53.2 Å². The van der Waals surface area contributed by atoms with E-state index in [0.29, 0.717) is 18.9 Å². The molecule has 100 valence electrons. The smallest absolute Gasteiger partial charge is 0.120 e. The van der Waals surface area contributed by atoms with E-state index < -0.39 is 0 Å². The molecule has 0 aromatic heterocycles. The van der Waals surface area contributed by atoms with Crippen molar-refractivity contribution in [3.8, 4) is 11.5 Å². The number of halogens is 1. The third-order valence-corrected chi connectivity index (χ3v) is 3.60. The van der Waals surface area contributed by atoms with Gasteiger partial charge in [0.1, 0.15) is 18.1 Å². The molecule has 0 saturated heterocycles. The number of rotatable bonds is 5. The van der Waals surface area contributed by atoms with Crippen LogP contribution in [0, 0.1) is 0 Å². The molecule has 0 heterocycles. The van der Waals surface area contributed by atoms with E-state index in [1.165, 1.54) is 0 Å². The fraction of sp³-hybridized carbons (Fsp3) is 0.200. The molecule has 0 unspecified atom stereocenters. The summed E-state index contributed by atoms with van der Waals surface area (Å²) in [6.45, 7) is 3.10. The number of hydrogen-bond donors (Lipinski definition) is 1. The molecule has 0 fully saturated rings. The first kappa shape index (κ1) is 13.7. The SMILES string of the molecule is CCOc1ccc(OCc2cccc(N)c2Br)cc1. The summed E-state index contributed by atoms with van der Waals surface area (Å²) in [5.41, 5.74) is 7.56. The monoisotopic (exact) mass is 321 g/mol. The molecule has 0 spiro atoms. The Labute approximate surface area is 121 Å². The van der Waals surface area contributed by atoms with E-state index in [-0.39, 0.29) is 0 Å². The lowest BCUT2D eigenvalue weighted by atomic mass is 10.2. The molecule has 0 aliphatic heterocycles. The van der Waals surface area contributed by atoms with Crippen molar-refractivity contribution in [1.82, 2.24) is 0 Å². The van der Waals surface area contributed by atoms with Crippen LogP contribution in [0.4, 0.5) is 5.69 Å². The Morgan fingerprint density at radius 3 is 2.26 bits per heavy atom. The van der Waals surface area contributed by atoms with Gasteiger partial charge in [0.15, 0.2) is 0 Å². The normalized spacial score (nSPS) is 10.2. The molecule has 0 atom stereocenters. The third-order valence-electron chi connectivity index (χ3n) is 2.64. The molecule has 2 rings (SSSR count). The van der Waals surface area contributed by atoms with Crippen LogP contribution in [0.5, 0.6) is 11.5 Å². The molecule has 0 aliphatic carbocycles. The van der Waals surface area contributed by atoms with E-state index >= 15 is 0 Å². The van der Waals surface area contributed by atoms with E-state index in [0.717, 1.165) is 21.5 Å². The summed E-state index contributed by atoms with van der Waals surface area (Å²) >= 11 is 3.46. The highest BCUT2D eigenvalue weighted by atomic mass is 79.9. The van der Waals surface area contributed by atoms with Crippen molar-refractivity contribution >= 4 is 21.6 Å². The summed E-state index contributed by atoms with van der Waals surface area (Å²) in [6, 6.07) is 13.3. The Morgan fingerprint density at radius 2 is 1.63 bits per heavy atom. The van der Waals surface area contributed by atoms with E-state index in [4.69, 9.17) is 15.2 Å². The first-order valence-electron chi connectivity index (χ1n) is 6.09. The molecular formula is C15H16BrNO2. The molecule has 4 heteroatoms. The number of nitrogen functional groups attached to an aromatic ring is 1. The maximum atomic E-state index is 5.82. The van der Waals surface area contributed by atoms with Crippen LogP contribution >= 0.6 is 15.9 Å². The first-order chi connectivity index (χ1) is 9.20. The number of nitrogens with two attached hydrogens (primary N) is 1. The van der Waals surface area contributed by atoms with E-state index in [2.05, 4.69) is 15.9 Å². The standard InChI is InChI=1S/C15H16BrNO2/c1-2-18-12-6-8-13(9-7-12)19-10-11-4-3-5-14(17)15(11)16/h3-9H,2,10,17H2,1H3. The van der Waals surface area contributed by atoms with Crippen LogP contribution in [-0.4, -0.2) is 6.61 Å². The van der Waals surface area contributed by atoms with Gasteiger partial charge >= 0.3 is 0 Å². The van der Waals surface area contributed by atoms with Crippen LogP contribution in [-0.2, 0) is 6.61 Å². The zero-order valence-electron chi connectivity index (χ0n) is 10.7. The minimum absolute atomic E-state index is 0.472. The van der Waals surface area contributed by atoms with Crippen molar-refractivity contribution in [3.05, 3.63) is 52.5 Å². The molecule has 0 aliphatic rings. The topological polar surface area (TPSA) is 44.5 Å². The largest absolute Gasteiger partial charge is 0.494 e. The molecular weight excluding hydrogens is 306 g/mol. The Morgan fingerprint density at radius 1 is 1.00 bits per heavy atom. The third kappa shape index (κ3) is 3.64. The average molecular weight is 322 g/mol. The van der Waals surface area contributed by atoms with Crippen molar-refractivity contribution in [2.24, 2.45) is 0 Å². The number of benzene rings is 2. The van der Waals surface area contributed by atoms with Crippen molar-refractivity contribution in [2.75, 3.05) is 12.3 Å². The Hall–Kier alpha value is -1.68. The second kappa shape index (κ2) is 6.48. The van der Waals surface area contributed by atoms with Gasteiger partial charge in [-0.3, -0.25) is 0 Å². The van der Waals surface area contributed by atoms with E-state index in [9.17, 15) is 0 Å². The fourth-order valence-corrected chi connectivity index (χ4v) is 2.05. The summed E-state index contributed by atoms with van der Waals surface area (Å²) in [5, 5.41) is 0. The van der Waals surface area contributed by atoms with Crippen LogP contribution in [0.15, 0.2) is 46.9 Å². The summed E-state index contributed by atoms with van der Waals surface area (Å²) in [7, 11) is 0. The quantitative estimate of drug-likeness (QED) is 0.846. The Balaban J connectivity index is 2.00. The van der Waals surface area contributed by atoms with Gasteiger partial charge in [0, 0.05) is 15.7 Å². The average Bonchev–Trinajstić information content (AvgIpc) is 2.42. The Kier molecular flexibility index (Phi) is 4.68. The van der Waals surface area contributed by atoms with E-state index in [1.54, 1.807) is 0 Å². The second-order valence-electron chi connectivity index (χ2n) is 4.01. The van der Waals surface area contributed by atoms with Gasteiger partial charge in [0.05, 0.1) is 6.61 Å². The van der Waals surface area contributed by atoms with E-state index in [1.807, 2.05) is 49.4 Å². The minimum Gasteiger partial charge on any atom is -0.494 e. The van der Waals surface area contributed by atoms with Crippen molar-refractivity contribution in [1.29, 1.82) is 0 Å². The lowest BCUT2D eigenvalue weighted by molar-refractivity contribution is 0.303. The molecule has 2 aromatic carbocycles. The molecule has 2 N–H and O–H groups in total. The number of hydrogen-bond acceptors (Lipinski definition) is 3. The van der Waals surface area contributed by atoms with Crippen LogP contribution in [0.2, 0.25) is 0 Å². The summed E-state index contributed by atoms with van der Waals surface area (Å²) in [5.74, 6) is 1.65. The van der Waals surface area contributed by atoms with Gasteiger partial charge in [-0.1, -0.05) is 12.1 Å². The molecule has 0 amide bonds. The molecule has 19 heavy (non-hydrogen) atoms. The molecule has 2 aromatic rings. The maximum absolute atomic E-state index is 5.82. The molecule has 3 nitrogen and oxygen atoms in total. The Bertz CT molecular complexity index is 540. The fourth-order valence-electron chi connectivity index (χ4n) is 1.67. The molecule has 0 bridgehead atoms. The second-order valence-corrected chi connectivity index (χ2v) is 4.81. The van der Waals surface area contributed by atoms with Gasteiger partial charge in [0.2, 0.25) is 0 Å². The predicted octanol–water partition coefficient (Wildman–Crippen LogP) is 4.01. The van der Waals surface area contributed by atoms with Crippen LogP contribution < -0.4 is 15.2 Å². The zero-order valence-corrected chi connectivity index (χ0v) is 12.3. The molecule has 0 saturated carbocycles. The van der Waals surface area contributed by atoms with Gasteiger partial charge in [-0.15, -0.1) is 0 Å². The summed E-state index contributed by atoms with van der Waals surface area (Å²) in [4.78, 5) is 0. The number of ether oxygens (including phenoxy) is 2. The number of anilines is 1. The van der Waals surface area contributed by atoms with Crippen molar-refractivity contribution < 1.29 is 9.47 Å². The van der Waals surface area contributed by atoms with Gasteiger partial charge in [-0.2, -0.15) is 0 Å². The lowest BCUT2D eigenvalue weighted by Gasteiger charge is -2.10. The van der Waals surface area contributed by atoms with Gasteiger partial charge < -0.3 is 15.2 Å². The van der Waals surface area contributed by atoms with Crippen molar-refractivity contribution in [3.63, 3.8) is 0 Å². The lowest BCUT2D eigenvalue weighted by Crippen LogP contribution is -1.99. The van der Waals surface area contributed by atoms with Crippen LogP contribution in [0.3, 0.4) is 0 Å². The van der Waals surface area contributed by atoms with Gasteiger partial charge in [0.25, 0.3) is 0 Å². The van der Waals surface area contributed by atoms with Gasteiger partial charge in [-0.25, -0.2) is 0 Å². The summed E-state index contributed by atoms with van der Waals surface area (Å²) in [6.07, 6.45) is 0. The molecule has 0 radical (unpaired) electrons. The van der Waals surface area contributed by atoms with Crippen molar-refractivity contribution in [2.45, 2.75) is 13.5 Å². The minimum atomic E-state index is 0.472. The zero-order chi connectivity index (χ0) is 13.7. The highest BCUT2D eigenvalue weighted by Gasteiger charge is 2.04. The highest BCUT2D eigenvalue weighted by Crippen LogP contribution is 2.25. The summed E-state index contributed by atoms with van der Waals surface area (Å²) < 4.78 is 12.0. The van der Waals surface area contributed by atoms with Crippen LogP contribution in [0.25, 0.3) is 0 Å².